The SMILES string of the molecule is CC(C)CC(=O)Nc1ccc(Cl)c(C(=O)NC(C)(C)CO)c1. The van der Waals surface area contributed by atoms with Gasteiger partial charge in [-0.1, -0.05) is 25.4 Å². The molecule has 0 saturated carbocycles. The molecular formula is C16H23ClN2O3. The Bertz CT molecular complexity index is 556. The van der Waals surface area contributed by atoms with Crippen LogP contribution in [0.5, 0.6) is 0 Å². The zero-order valence-corrected chi connectivity index (χ0v) is 14.1. The fourth-order valence-electron chi connectivity index (χ4n) is 1.77. The van der Waals surface area contributed by atoms with Crippen LogP contribution in [0.1, 0.15) is 44.5 Å². The lowest BCUT2D eigenvalue weighted by Crippen LogP contribution is -2.46. The predicted octanol–water partition coefficient (Wildman–Crippen LogP) is 2.83. The Morgan fingerprint density at radius 1 is 1.32 bits per heavy atom. The Balaban J connectivity index is 2.90. The number of hydrogen-bond donors (Lipinski definition) is 3. The summed E-state index contributed by atoms with van der Waals surface area (Å²) >= 11 is 6.05. The van der Waals surface area contributed by atoms with Crippen molar-refractivity contribution in [2.75, 3.05) is 11.9 Å². The highest BCUT2D eigenvalue weighted by molar-refractivity contribution is 6.34. The zero-order valence-electron chi connectivity index (χ0n) is 13.4. The quantitative estimate of drug-likeness (QED) is 0.752. The van der Waals surface area contributed by atoms with Crippen molar-refractivity contribution < 1.29 is 14.7 Å². The molecule has 0 spiro atoms. The maximum Gasteiger partial charge on any atom is 0.253 e. The van der Waals surface area contributed by atoms with Crippen molar-refractivity contribution in [3.63, 3.8) is 0 Å². The molecule has 5 nitrogen and oxygen atoms in total. The Morgan fingerprint density at radius 2 is 1.95 bits per heavy atom. The molecule has 0 aliphatic carbocycles. The van der Waals surface area contributed by atoms with Crippen LogP contribution in [0, 0.1) is 5.92 Å². The van der Waals surface area contributed by atoms with Crippen molar-refractivity contribution in [1.82, 2.24) is 5.32 Å². The smallest absolute Gasteiger partial charge is 0.253 e. The van der Waals surface area contributed by atoms with Crippen LogP contribution >= 0.6 is 11.6 Å². The van der Waals surface area contributed by atoms with E-state index in [9.17, 15) is 14.7 Å². The molecule has 2 amide bonds. The van der Waals surface area contributed by atoms with E-state index in [1.54, 1.807) is 26.0 Å². The summed E-state index contributed by atoms with van der Waals surface area (Å²) in [4.78, 5) is 24.0. The lowest BCUT2D eigenvalue weighted by molar-refractivity contribution is -0.116. The van der Waals surface area contributed by atoms with Crippen LogP contribution in [0.3, 0.4) is 0 Å². The molecule has 1 rings (SSSR count). The maximum absolute atomic E-state index is 12.2. The number of hydrogen-bond acceptors (Lipinski definition) is 3. The van der Waals surface area contributed by atoms with Gasteiger partial charge in [-0.05, 0) is 38.0 Å². The van der Waals surface area contributed by atoms with Crippen LogP contribution < -0.4 is 10.6 Å². The molecule has 0 bridgehead atoms. The lowest BCUT2D eigenvalue weighted by atomic mass is 10.1. The fraction of sp³-hybridized carbons (Fsp3) is 0.500. The summed E-state index contributed by atoms with van der Waals surface area (Å²) in [6.45, 7) is 7.12. The topological polar surface area (TPSA) is 78.4 Å². The van der Waals surface area contributed by atoms with E-state index in [1.807, 2.05) is 13.8 Å². The third kappa shape index (κ3) is 5.66. The summed E-state index contributed by atoms with van der Waals surface area (Å²) in [5.74, 6) is -0.260. The summed E-state index contributed by atoms with van der Waals surface area (Å²) in [6.07, 6.45) is 0.404. The molecule has 0 unspecified atom stereocenters. The van der Waals surface area contributed by atoms with Crippen LogP contribution in [-0.2, 0) is 4.79 Å². The van der Waals surface area contributed by atoms with Crippen LogP contribution in [0.15, 0.2) is 18.2 Å². The van der Waals surface area contributed by atoms with Gasteiger partial charge in [-0.2, -0.15) is 0 Å². The third-order valence-electron chi connectivity index (χ3n) is 2.94. The van der Waals surface area contributed by atoms with Crippen LogP contribution in [-0.4, -0.2) is 29.1 Å². The summed E-state index contributed by atoms with van der Waals surface area (Å²) in [6, 6.07) is 4.74. The van der Waals surface area contributed by atoms with Gasteiger partial charge in [-0.25, -0.2) is 0 Å². The minimum atomic E-state index is -0.753. The summed E-state index contributed by atoms with van der Waals surface area (Å²) < 4.78 is 0. The van der Waals surface area contributed by atoms with Crippen molar-refractivity contribution in [3.8, 4) is 0 Å². The number of rotatable bonds is 6. The second kappa shape index (κ2) is 7.61. The Hall–Kier alpha value is -1.59. The van der Waals surface area contributed by atoms with Gasteiger partial charge in [0.2, 0.25) is 5.91 Å². The second-order valence-electron chi connectivity index (χ2n) is 6.34. The van der Waals surface area contributed by atoms with Crippen molar-refractivity contribution in [2.45, 2.75) is 39.7 Å². The highest BCUT2D eigenvalue weighted by Gasteiger charge is 2.21. The maximum atomic E-state index is 12.2. The molecule has 0 atom stereocenters. The number of aliphatic hydroxyl groups is 1. The molecule has 1 aromatic rings. The van der Waals surface area contributed by atoms with E-state index in [2.05, 4.69) is 10.6 Å². The van der Waals surface area contributed by atoms with E-state index in [4.69, 9.17) is 11.6 Å². The Kier molecular flexibility index (Phi) is 6.38. The van der Waals surface area contributed by atoms with Gasteiger partial charge >= 0.3 is 0 Å². The normalized spacial score (nSPS) is 11.4. The van der Waals surface area contributed by atoms with Gasteiger partial charge in [0.25, 0.3) is 5.91 Å². The van der Waals surface area contributed by atoms with Gasteiger partial charge in [0, 0.05) is 12.1 Å². The monoisotopic (exact) mass is 326 g/mol. The number of halogens is 1. The molecule has 1 aromatic carbocycles. The molecule has 0 aliphatic heterocycles. The molecule has 0 heterocycles. The first-order chi connectivity index (χ1) is 10.1. The molecule has 6 heteroatoms. The first-order valence-corrected chi connectivity index (χ1v) is 7.55. The number of amides is 2. The summed E-state index contributed by atoms with van der Waals surface area (Å²) in [5.41, 5.74) is 0.0182. The molecule has 0 aromatic heterocycles. The second-order valence-corrected chi connectivity index (χ2v) is 6.74. The Labute approximate surface area is 136 Å². The molecule has 0 saturated heterocycles. The van der Waals surface area contributed by atoms with Crippen LogP contribution in [0.2, 0.25) is 5.02 Å². The number of benzene rings is 1. The van der Waals surface area contributed by atoms with Gasteiger partial charge in [0.15, 0.2) is 0 Å². The Morgan fingerprint density at radius 3 is 2.50 bits per heavy atom. The highest BCUT2D eigenvalue weighted by Crippen LogP contribution is 2.21. The van der Waals surface area contributed by atoms with Crippen LogP contribution in [0.25, 0.3) is 0 Å². The number of aliphatic hydroxyl groups excluding tert-OH is 1. The minimum absolute atomic E-state index is 0.112. The van der Waals surface area contributed by atoms with Crippen molar-refractivity contribution in [1.29, 1.82) is 0 Å². The van der Waals surface area contributed by atoms with E-state index < -0.39 is 11.4 Å². The fourth-order valence-corrected chi connectivity index (χ4v) is 1.98. The van der Waals surface area contributed by atoms with Crippen LogP contribution in [0.4, 0.5) is 5.69 Å². The van der Waals surface area contributed by atoms with Gasteiger partial charge in [0.05, 0.1) is 22.7 Å². The molecule has 122 valence electrons. The van der Waals surface area contributed by atoms with Gasteiger partial charge in [-0.3, -0.25) is 9.59 Å². The molecular weight excluding hydrogens is 304 g/mol. The van der Waals surface area contributed by atoms with E-state index in [-0.39, 0.29) is 29.0 Å². The van der Waals surface area contributed by atoms with Crippen molar-refractivity contribution in [2.24, 2.45) is 5.92 Å². The molecule has 22 heavy (non-hydrogen) atoms. The average molecular weight is 327 g/mol. The zero-order chi connectivity index (χ0) is 16.9. The summed E-state index contributed by atoms with van der Waals surface area (Å²) in [7, 11) is 0. The average Bonchev–Trinajstić information content (AvgIpc) is 2.39. The molecule has 0 radical (unpaired) electrons. The number of carbonyl (C=O) groups excluding carboxylic acids is 2. The third-order valence-corrected chi connectivity index (χ3v) is 3.27. The standard InChI is InChI=1S/C16H23ClN2O3/c1-10(2)7-14(21)18-11-5-6-13(17)12(8-11)15(22)19-16(3,4)9-20/h5-6,8,10,20H,7,9H2,1-4H3,(H,18,21)(H,19,22). The highest BCUT2D eigenvalue weighted by atomic mass is 35.5. The number of nitrogens with one attached hydrogen (secondary N) is 2. The van der Waals surface area contributed by atoms with Gasteiger partial charge in [0.1, 0.15) is 0 Å². The number of carbonyl (C=O) groups is 2. The lowest BCUT2D eigenvalue weighted by Gasteiger charge is -2.23. The van der Waals surface area contributed by atoms with Crippen molar-refractivity contribution >= 4 is 29.1 Å². The number of anilines is 1. The van der Waals surface area contributed by atoms with Gasteiger partial charge in [-0.15, -0.1) is 0 Å². The first kappa shape index (κ1) is 18.5. The van der Waals surface area contributed by atoms with Crippen molar-refractivity contribution in [3.05, 3.63) is 28.8 Å². The largest absolute Gasteiger partial charge is 0.394 e. The molecule has 0 aliphatic rings. The predicted molar refractivity (Wildman–Crippen MR) is 88.2 cm³/mol. The van der Waals surface area contributed by atoms with E-state index >= 15 is 0 Å². The van der Waals surface area contributed by atoms with E-state index in [0.29, 0.717) is 12.1 Å². The molecule has 0 fully saturated rings. The first-order valence-electron chi connectivity index (χ1n) is 7.17. The minimum Gasteiger partial charge on any atom is -0.394 e. The van der Waals surface area contributed by atoms with E-state index in [0.717, 1.165) is 0 Å². The van der Waals surface area contributed by atoms with Gasteiger partial charge < -0.3 is 15.7 Å². The summed E-state index contributed by atoms with van der Waals surface area (Å²) in [5, 5.41) is 14.9. The van der Waals surface area contributed by atoms with E-state index in [1.165, 1.54) is 6.07 Å². The molecule has 3 N–H and O–H groups in total.